The maximum absolute atomic E-state index is 11.7. The van der Waals surface area contributed by atoms with E-state index in [1.165, 1.54) is 0 Å². The number of benzene rings is 1. The number of carbonyl (C=O) groups excluding carboxylic acids is 1. The average Bonchev–Trinajstić information content (AvgIpc) is 2.43. The van der Waals surface area contributed by atoms with E-state index in [-0.39, 0.29) is 18.6 Å². The van der Waals surface area contributed by atoms with Crippen LogP contribution >= 0.6 is 0 Å². The zero-order chi connectivity index (χ0) is 14.1. The molecular formula is C15H24N2O2. The highest BCUT2D eigenvalue weighted by Crippen LogP contribution is 2.22. The highest BCUT2D eigenvalue weighted by Gasteiger charge is 2.18. The molecule has 1 rings (SSSR count). The summed E-state index contributed by atoms with van der Waals surface area (Å²) in [5.41, 5.74) is 1.13. The lowest BCUT2D eigenvalue weighted by Crippen LogP contribution is -2.37. The van der Waals surface area contributed by atoms with Gasteiger partial charge < -0.3 is 10.4 Å². The van der Waals surface area contributed by atoms with Crippen LogP contribution in [-0.2, 0) is 4.79 Å². The molecule has 0 radical (unpaired) electrons. The Kier molecular flexibility index (Phi) is 7.15. The van der Waals surface area contributed by atoms with Gasteiger partial charge in [0, 0.05) is 19.2 Å². The molecule has 0 aliphatic heterocycles. The van der Waals surface area contributed by atoms with E-state index in [1.54, 1.807) is 0 Å². The molecule has 1 aromatic carbocycles. The van der Waals surface area contributed by atoms with Crippen molar-refractivity contribution in [2.24, 2.45) is 0 Å². The summed E-state index contributed by atoms with van der Waals surface area (Å²) in [5.74, 6) is 0.0308. The van der Waals surface area contributed by atoms with Crippen LogP contribution in [0.5, 0.6) is 0 Å². The lowest BCUT2D eigenvalue weighted by Gasteiger charge is -2.27. The summed E-state index contributed by atoms with van der Waals surface area (Å²) in [5, 5.41) is 12.1. The van der Waals surface area contributed by atoms with E-state index in [2.05, 4.69) is 5.32 Å². The van der Waals surface area contributed by atoms with Crippen LogP contribution in [0.15, 0.2) is 30.3 Å². The molecule has 0 aliphatic rings. The van der Waals surface area contributed by atoms with Gasteiger partial charge in [0.15, 0.2) is 0 Å². The lowest BCUT2D eigenvalue weighted by molar-refractivity contribution is -0.122. The summed E-state index contributed by atoms with van der Waals surface area (Å²) < 4.78 is 0. The second-order valence-corrected chi connectivity index (χ2v) is 4.70. The topological polar surface area (TPSA) is 52.6 Å². The molecule has 106 valence electrons. The summed E-state index contributed by atoms with van der Waals surface area (Å²) in [6, 6.07) is 10.0. The summed E-state index contributed by atoms with van der Waals surface area (Å²) in [4.78, 5) is 13.7. The number of hydrogen-bond acceptors (Lipinski definition) is 3. The molecule has 1 amide bonds. The Bertz CT molecular complexity index is 368. The van der Waals surface area contributed by atoms with E-state index in [1.807, 2.05) is 49.2 Å². The third kappa shape index (κ3) is 5.41. The summed E-state index contributed by atoms with van der Waals surface area (Å²) in [6.45, 7) is 3.20. The third-order valence-electron chi connectivity index (χ3n) is 3.08. The van der Waals surface area contributed by atoms with E-state index in [4.69, 9.17) is 0 Å². The molecule has 0 aromatic heterocycles. The molecule has 0 saturated heterocycles. The Hall–Kier alpha value is -1.39. The molecule has 4 heteroatoms. The zero-order valence-corrected chi connectivity index (χ0v) is 11.8. The van der Waals surface area contributed by atoms with Crippen LogP contribution in [0.2, 0.25) is 0 Å². The largest absolute Gasteiger partial charge is 0.396 e. The number of likely N-dealkylation sites (N-methyl/N-ethyl adjacent to an activating group) is 1. The Balaban J connectivity index is 2.63. The summed E-state index contributed by atoms with van der Waals surface area (Å²) >= 11 is 0. The van der Waals surface area contributed by atoms with Crippen molar-refractivity contribution in [1.82, 2.24) is 10.2 Å². The van der Waals surface area contributed by atoms with Crippen molar-refractivity contribution in [3.63, 3.8) is 0 Å². The normalized spacial score (nSPS) is 12.4. The molecule has 0 aliphatic carbocycles. The van der Waals surface area contributed by atoms with Crippen molar-refractivity contribution in [2.75, 3.05) is 26.7 Å². The van der Waals surface area contributed by atoms with Gasteiger partial charge in [0.2, 0.25) is 5.91 Å². The molecule has 0 fully saturated rings. The lowest BCUT2D eigenvalue weighted by atomic mass is 10.0. The number of nitrogens with one attached hydrogen (secondary N) is 1. The molecular weight excluding hydrogens is 240 g/mol. The Morgan fingerprint density at radius 2 is 2.05 bits per heavy atom. The minimum atomic E-state index is 0.0308. The van der Waals surface area contributed by atoms with Gasteiger partial charge in [0.1, 0.15) is 0 Å². The number of aliphatic hydroxyl groups is 1. The predicted octanol–water partition coefficient (Wildman–Crippen LogP) is 1.57. The second kappa shape index (κ2) is 8.67. The number of hydrogen-bond donors (Lipinski definition) is 2. The quantitative estimate of drug-likeness (QED) is 0.749. The first-order valence-corrected chi connectivity index (χ1v) is 6.81. The van der Waals surface area contributed by atoms with Crippen LogP contribution in [0.1, 0.15) is 31.4 Å². The average molecular weight is 264 g/mol. The van der Waals surface area contributed by atoms with Gasteiger partial charge in [-0.05, 0) is 25.5 Å². The monoisotopic (exact) mass is 264 g/mol. The molecule has 0 heterocycles. The van der Waals surface area contributed by atoms with Crippen LogP contribution in [0.3, 0.4) is 0 Å². The molecule has 2 N–H and O–H groups in total. The van der Waals surface area contributed by atoms with E-state index in [0.717, 1.165) is 12.0 Å². The van der Waals surface area contributed by atoms with Gasteiger partial charge in [-0.1, -0.05) is 37.3 Å². The molecule has 0 saturated carbocycles. The van der Waals surface area contributed by atoms with Gasteiger partial charge in [0.25, 0.3) is 0 Å². The van der Waals surface area contributed by atoms with Crippen molar-refractivity contribution in [3.8, 4) is 0 Å². The van der Waals surface area contributed by atoms with Crippen molar-refractivity contribution < 1.29 is 9.90 Å². The maximum atomic E-state index is 11.7. The fourth-order valence-electron chi connectivity index (χ4n) is 2.10. The van der Waals surface area contributed by atoms with Gasteiger partial charge >= 0.3 is 0 Å². The molecule has 1 unspecified atom stereocenters. The molecule has 1 aromatic rings. The van der Waals surface area contributed by atoms with E-state index >= 15 is 0 Å². The Labute approximate surface area is 115 Å². The molecule has 4 nitrogen and oxygen atoms in total. The van der Waals surface area contributed by atoms with Gasteiger partial charge in [-0.15, -0.1) is 0 Å². The second-order valence-electron chi connectivity index (χ2n) is 4.70. The van der Waals surface area contributed by atoms with Crippen molar-refractivity contribution >= 4 is 5.91 Å². The third-order valence-corrected chi connectivity index (χ3v) is 3.08. The Morgan fingerprint density at radius 3 is 2.63 bits per heavy atom. The van der Waals surface area contributed by atoms with Crippen LogP contribution < -0.4 is 5.32 Å². The summed E-state index contributed by atoms with van der Waals surface area (Å²) in [6.07, 6.45) is 1.57. The number of nitrogens with zero attached hydrogens (tertiary/aromatic N) is 1. The molecule has 1 atom stereocenters. The van der Waals surface area contributed by atoms with Crippen molar-refractivity contribution in [2.45, 2.75) is 25.8 Å². The first-order valence-electron chi connectivity index (χ1n) is 6.81. The van der Waals surface area contributed by atoms with Gasteiger partial charge in [-0.2, -0.15) is 0 Å². The predicted molar refractivity (Wildman–Crippen MR) is 76.8 cm³/mol. The van der Waals surface area contributed by atoms with Crippen LogP contribution in [0, 0.1) is 0 Å². The van der Waals surface area contributed by atoms with Gasteiger partial charge in [-0.3, -0.25) is 9.69 Å². The van der Waals surface area contributed by atoms with Crippen molar-refractivity contribution in [1.29, 1.82) is 0 Å². The van der Waals surface area contributed by atoms with Gasteiger partial charge in [0.05, 0.1) is 6.54 Å². The molecule has 19 heavy (non-hydrogen) atoms. The fraction of sp³-hybridized carbons (Fsp3) is 0.533. The minimum absolute atomic E-state index is 0.0308. The first kappa shape index (κ1) is 15.7. The highest BCUT2D eigenvalue weighted by molar-refractivity contribution is 5.78. The van der Waals surface area contributed by atoms with E-state index in [0.29, 0.717) is 19.5 Å². The number of carbonyl (C=O) groups is 1. The summed E-state index contributed by atoms with van der Waals surface area (Å²) in [7, 11) is 1.92. The van der Waals surface area contributed by atoms with Crippen LogP contribution in [0.25, 0.3) is 0 Å². The molecule has 0 spiro atoms. The standard InChI is InChI=1S/C15H24N2O2/c1-3-10-16-15(19)12-17(2)14(9-11-18)13-7-5-4-6-8-13/h4-8,14,18H,3,9-12H2,1-2H3,(H,16,19). The highest BCUT2D eigenvalue weighted by atomic mass is 16.3. The zero-order valence-electron chi connectivity index (χ0n) is 11.8. The number of aliphatic hydroxyl groups excluding tert-OH is 1. The van der Waals surface area contributed by atoms with Crippen LogP contribution in [-0.4, -0.2) is 42.7 Å². The fourth-order valence-corrected chi connectivity index (χ4v) is 2.10. The number of rotatable bonds is 8. The van der Waals surface area contributed by atoms with Gasteiger partial charge in [-0.25, -0.2) is 0 Å². The van der Waals surface area contributed by atoms with Crippen LogP contribution in [0.4, 0.5) is 0 Å². The number of amides is 1. The molecule has 0 bridgehead atoms. The smallest absolute Gasteiger partial charge is 0.234 e. The Morgan fingerprint density at radius 1 is 1.37 bits per heavy atom. The SMILES string of the molecule is CCCNC(=O)CN(C)C(CCO)c1ccccc1. The van der Waals surface area contributed by atoms with E-state index in [9.17, 15) is 9.90 Å². The minimum Gasteiger partial charge on any atom is -0.396 e. The van der Waals surface area contributed by atoms with E-state index < -0.39 is 0 Å². The maximum Gasteiger partial charge on any atom is 0.234 e. The van der Waals surface area contributed by atoms with Crippen molar-refractivity contribution in [3.05, 3.63) is 35.9 Å². The first-order chi connectivity index (χ1) is 9.19.